The maximum absolute atomic E-state index is 13.3. The Balaban J connectivity index is 2.33. The van der Waals surface area contributed by atoms with E-state index in [1.807, 2.05) is 27.7 Å². The fourth-order valence-corrected chi connectivity index (χ4v) is 3.66. The number of hydrogen-bond acceptors (Lipinski definition) is 5. The van der Waals surface area contributed by atoms with Gasteiger partial charge in [0, 0.05) is 30.9 Å². The molecule has 0 radical (unpaired) electrons. The fraction of sp³-hybridized carbons (Fsp3) is 0.684. The van der Waals surface area contributed by atoms with Crippen molar-refractivity contribution in [3.05, 3.63) is 24.3 Å². The first-order chi connectivity index (χ1) is 12.3. The van der Waals surface area contributed by atoms with Crippen LogP contribution in [0.3, 0.4) is 0 Å². The lowest BCUT2D eigenvalue weighted by molar-refractivity contribution is -0.149. The fourth-order valence-electron chi connectivity index (χ4n) is 3.66. The van der Waals surface area contributed by atoms with Crippen LogP contribution in [0.5, 0.6) is 0 Å². The van der Waals surface area contributed by atoms with E-state index in [1.165, 1.54) is 0 Å². The molecule has 1 N–H and O–H groups in total. The molecule has 0 saturated carbocycles. The number of carbonyl (C=O) groups is 2. The number of aromatic nitrogens is 2. The SMILES string of the molecule is CCN(C(=O)C1CCC(C)N1C(=O)C(C)C)C(c1ncccn1)C(C)O. The molecule has 1 aliphatic rings. The predicted molar refractivity (Wildman–Crippen MR) is 98.0 cm³/mol. The summed E-state index contributed by atoms with van der Waals surface area (Å²) < 4.78 is 0. The van der Waals surface area contributed by atoms with Gasteiger partial charge in [0.15, 0.2) is 5.82 Å². The zero-order chi connectivity index (χ0) is 19.4. The van der Waals surface area contributed by atoms with Gasteiger partial charge in [0.25, 0.3) is 0 Å². The molecule has 7 nitrogen and oxygen atoms in total. The maximum atomic E-state index is 13.3. The predicted octanol–water partition coefficient (Wildman–Crippen LogP) is 1.78. The first-order valence-electron chi connectivity index (χ1n) is 9.37. The number of rotatable bonds is 6. The molecule has 2 heterocycles. The number of likely N-dealkylation sites (tertiary alicyclic amines) is 1. The summed E-state index contributed by atoms with van der Waals surface area (Å²) in [7, 11) is 0. The van der Waals surface area contributed by atoms with Crippen molar-refractivity contribution in [3.63, 3.8) is 0 Å². The van der Waals surface area contributed by atoms with Gasteiger partial charge < -0.3 is 14.9 Å². The van der Waals surface area contributed by atoms with Crippen molar-refractivity contribution in [3.8, 4) is 0 Å². The monoisotopic (exact) mass is 362 g/mol. The largest absolute Gasteiger partial charge is 0.391 e. The first kappa shape index (κ1) is 20.3. The molecule has 0 aromatic carbocycles. The highest BCUT2D eigenvalue weighted by molar-refractivity contribution is 5.89. The van der Waals surface area contributed by atoms with E-state index in [9.17, 15) is 14.7 Å². The molecule has 7 heteroatoms. The Morgan fingerprint density at radius 1 is 1.27 bits per heavy atom. The van der Waals surface area contributed by atoms with Crippen LogP contribution in [0, 0.1) is 5.92 Å². The van der Waals surface area contributed by atoms with Crippen molar-refractivity contribution in [2.24, 2.45) is 5.92 Å². The van der Waals surface area contributed by atoms with E-state index >= 15 is 0 Å². The lowest BCUT2D eigenvalue weighted by atomic mass is 10.1. The van der Waals surface area contributed by atoms with Crippen LogP contribution in [0.4, 0.5) is 0 Å². The molecular formula is C19H30N4O3. The Hall–Kier alpha value is -2.02. The molecule has 1 fully saturated rings. The number of nitrogens with zero attached hydrogens (tertiary/aromatic N) is 4. The third-order valence-corrected chi connectivity index (χ3v) is 4.97. The minimum absolute atomic E-state index is 0.00559. The third kappa shape index (κ3) is 4.03. The Kier molecular flexibility index (Phi) is 6.69. The van der Waals surface area contributed by atoms with Gasteiger partial charge in [0.2, 0.25) is 11.8 Å². The standard InChI is InChI=1S/C19H30N4O3/c1-6-22(16(14(5)24)17-20-10-7-11-21-17)19(26)15-9-8-13(4)23(15)18(25)12(2)3/h7,10-16,24H,6,8-9H2,1-5H3. The second kappa shape index (κ2) is 8.58. The molecule has 26 heavy (non-hydrogen) atoms. The van der Waals surface area contributed by atoms with Crippen LogP contribution in [0.25, 0.3) is 0 Å². The lowest BCUT2D eigenvalue weighted by Gasteiger charge is -2.37. The van der Waals surface area contributed by atoms with Crippen molar-refractivity contribution in [2.75, 3.05) is 6.54 Å². The van der Waals surface area contributed by atoms with E-state index in [0.717, 1.165) is 6.42 Å². The first-order valence-corrected chi connectivity index (χ1v) is 9.37. The molecule has 4 unspecified atom stereocenters. The topological polar surface area (TPSA) is 86.6 Å². The Morgan fingerprint density at radius 3 is 2.38 bits per heavy atom. The van der Waals surface area contributed by atoms with Crippen molar-refractivity contribution < 1.29 is 14.7 Å². The van der Waals surface area contributed by atoms with E-state index in [-0.39, 0.29) is 23.8 Å². The van der Waals surface area contributed by atoms with Crippen molar-refractivity contribution in [1.29, 1.82) is 0 Å². The Bertz CT molecular complexity index is 620. The summed E-state index contributed by atoms with van der Waals surface area (Å²) >= 11 is 0. The molecule has 2 rings (SSSR count). The van der Waals surface area contributed by atoms with Gasteiger partial charge in [-0.1, -0.05) is 13.8 Å². The van der Waals surface area contributed by atoms with E-state index in [1.54, 1.807) is 35.2 Å². The van der Waals surface area contributed by atoms with Gasteiger partial charge in [-0.3, -0.25) is 9.59 Å². The normalized spacial score (nSPS) is 22.3. The lowest BCUT2D eigenvalue weighted by Crippen LogP contribution is -2.53. The highest BCUT2D eigenvalue weighted by Crippen LogP contribution is 2.30. The van der Waals surface area contributed by atoms with E-state index < -0.39 is 18.2 Å². The Labute approximate surface area is 155 Å². The van der Waals surface area contributed by atoms with Crippen LogP contribution in [0.1, 0.15) is 59.3 Å². The molecule has 144 valence electrons. The summed E-state index contributed by atoms with van der Waals surface area (Å²) in [6.45, 7) is 9.58. The van der Waals surface area contributed by atoms with Crippen LogP contribution in [0.15, 0.2) is 18.5 Å². The zero-order valence-electron chi connectivity index (χ0n) is 16.3. The van der Waals surface area contributed by atoms with Gasteiger partial charge in [-0.25, -0.2) is 9.97 Å². The van der Waals surface area contributed by atoms with Gasteiger partial charge in [-0.05, 0) is 39.7 Å². The van der Waals surface area contributed by atoms with Gasteiger partial charge in [0.05, 0.1) is 6.10 Å². The highest BCUT2D eigenvalue weighted by atomic mass is 16.3. The van der Waals surface area contributed by atoms with Gasteiger partial charge in [0.1, 0.15) is 12.1 Å². The van der Waals surface area contributed by atoms with Crippen LogP contribution < -0.4 is 0 Å². The minimum atomic E-state index is -0.825. The molecule has 0 aliphatic carbocycles. The van der Waals surface area contributed by atoms with Gasteiger partial charge in [-0.2, -0.15) is 0 Å². The number of hydrogen-bond donors (Lipinski definition) is 1. The van der Waals surface area contributed by atoms with Crippen LogP contribution >= 0.6 is 0 Å². The average molecular weight is 362 g/mol. The molecule has 1 aromatic rings. The summed E-state index contributed by atoms with van der Waals surface area (Å²) in [6, 6.07) is 0.600. The Morgan fingerprint density at radius 2 is 1.88 bits per heavy atom. The van der Waals surface area contributed by atoms with Crippen LogP contribution in [-0.2, 0) is 9.59 Å². The second-order valence-electron chi connectivity index (χ2n) is 7.26. The number of aliphatic hydroxyl groups is 1. The van der Waals surface area contributed by atoms with E-state index in [0.29, 0.717) is 18.8 Å². The zero-order valence-corrected chi connectivity index (χ0v) is 16.3. The average Bonchev–Trinajstić information content (AvgIpc) is 3.00. The van der Waals surface area contributed by atoms with Crippen molar-refractivity contribution >= 4 is 11.8 Å². The highest BCUT2D eigenvalue weighted by Gasteiger charge is 2.43. The molecule has 4 atom stereocenters. The summed E-state index contributed by atoms with van der Waals surface area (Å²) in [4.78, 5) is 37.8. The number of likely N-dealkylation sites (N-methyl/N-ethyl adjacent to an activating group) is 1. The molecule has 0 spiro atoms. The second-order valence-corrected chi connectivity index (χ2v) is 7.26. The number of carbonyl (C=O) groups excluding carboxylic acids is 2. The van der Waals surface area contributed by atoms with Gasteiger partial charge in [-0.15, -0.1) is 0 Å². The number of amides is 2. The van der Waals surface area contributed by atoms with E-state index in [4.69, 9.17) is 0 Å². The number of aliphatic hydroxyl groups excluding tert-OH is 1. The quantitative estimate of drug-likeness (QED) is 0.834. The van der Waals surface area contributed by atoms with Crippen LogP contribution in [0.2, 0.25) is 0 Å². The minimum Gasteiger partial charge on any atom is -0.391 e. The smallest absolute Gasteiger partial charge is 0.246 e. The molecule has 2 amide bonds. The molecule has 1 aromatic heterocycles. The molecule has 0 bridgehead atoms. The summed E-state index contributed by atoms with van der Waals surface area (Å²) in [6.07, 6.45) is 3.81. The molecule has 1 saturated heterocycles. The van der Waals surface area contributed by atoms with Crippen LogP contribution in [-0.4, -0.2) is 61.4 Å². The maximum Gasteiger partial charge on any atom is 0.246 e. The van der Waals surface area contributed by atoms with E-state index in [2.05, 4.69) is 9.97 Å². The van der Waals surface area contributed by atoms with Crippen molar-refractivity contribution in [1.82, 2.24) is 19.8 Å². The summed E-state index contributed by atoms with van der Waals surface area (Å²) in [5, 5.41) is 10.3. The summed E-state index contributed by atoms with van der Waals surface area (Å²) in [5.74, 6) is 0.0922. The third-order valence-electron chi connectivity index (χ3n) is 4.97. The van der Waals surface area contributed by atoms with Crippen molar-refractivity contribution in [2.45, 2.75) is 71.7 Å². The van der Waals surface area contributed by atoms with Gasteiger partial charge >= 0.3 is 0 Å². The summed E-state index contributed by atoms with van der Waals surface area (Å²) in [5.41, 5.74) is 0. The molecule has 1 aliphatic heterocycles. The molecular weight excluding hydrogens is 332 g/mol.